The third kappa shape index (κ3) is 5.79. The lowest BCUT2D eigenvalue weighted by Crippen LogP contribution is -2.51. The predicted octanol–water partition coefficient (Wildman–Crippen LogP) is 2.46. The number of hydrogen-bond acceptors (Lipinski definition) is 5. The molecule has 7 heteroatoms. The fourth-order valence-corrected chi connectivity index (χ4v) is 3.33. The molecule has 0 spiro atoms. The van der Waals surface area contributed by atoms with Crippen molar-refractivity contribution in [3.63, 3.8) is 0 Å². The molecule has 2 aromatic carbocycles. The maximum Gasteiger partial charge on any atom is 0.337 e. The number of aliphatic hydroxyl groups is 1. The van der Waals surface area contributed by atoms with Crippen LogP contribution in [0.2, 0.25) is 0 Å². The third-order valence-corrected chi connectivity index (χ3v) is 4.78. The number of hydrogen-bond donors (Lipinski definition) is 3. The second-order valence-corrected chi connectivity index (χ2v) is 7.08. The van der Waals surface area contributed by atoms with Gasteiger partial charge in [-0.25, -0.2) is 4.79 Å². The minimum atomic E-state index is -0.558. The van der Waals surface area contributed by atoms with Crippen LogP contribution in [0.5, 0.6) is 5.75 Å². The number of thiocarbonyl (C=S) groups is 1. The summed E-state index contributed by atoms with van der Waals surface area (Å²) in [5, 5.41) is 15.6. The molecular weight excluding hydrogens is 388 g/mol. The van der Waals surface area contributed by atoms with E-state index in [0.29, 0.717) is 29.4 Å². The lowest BCUT2D eigenvalue weighted by Gasteiger charge is -2.28. The number of rotatable bonds is 8. The van der Waals surface area contributed by atoms with Gasteiger partial charge in [-0.1, -0.05) is 42.5 Å². The fraction of sp³-hybridized carbons (Fsp3) is 0.273. The Morgan fingerprint density at radius 2 is 1.83 bits per heavy atom. The summed E-state index contributed by atoms with van der Waals surface area (Å²) in [4.78, 5) is 12.4. The summed E-state index contributed by atoms with van der Waals surface area (Å²) in [6.07, 6.45) is 0.583. The second kappa shape index (κ2) is 10.0. The van der Waals surface area contributed by atoms with Crippen molar-refractivity contribution in [3.8, 4) is 5.75 Å². The molecule has 0 aromatic heterocycles. The molecule has 3 rings (SSSR count). The molecule has 1 atom stereocenters. The molecule has 0 saturated heterocycles. The quantitative estimate of drug-likeness (QED) is 0.454. The van der Waals surface area contributed by atoms with Crippen LogP contribution in [-0.4, -0.2) is 35.4 Å². The summed E-state index contributed by atoms with van der Waals surface area (Å²) in [5.41, 5.74) is 3.11. The first-order valence-corrected chi connectivity index (χ1v) is 9.79. The Balaban J connectivity index is 1.48. The van der Waals surface area contributed by atoms with Crippen molar-refractivity contribution in [2.24, 2.45) is 0 Å². The molecule has 1 unspecified atom stereocenters. The zero-order chi connectivity index (χ0) is 20.6. The first-order valence-electron chi connectivity index (χ1n) is 9.38. The highest BCUT2D eigenvalue weighted by molar-refractivity contribution is 7.80. The average molecular weight is 413 g/mol. The van der Waals surface area contributed by atoms with E-state index in [4.69, 9.17) is 21.7 Å². The topological polar surface area (TPSA) is 79.8 Å². The maximum atomic E-state index is 12.4. The minimum absolute atomic E-state index is 0.239. The molecule has 0 saturated carbocycles. The average Bonchev–Trinajstić information content (AvgIpc) is 2.73. The maximum absolute atomic E-state index is 12.4. The Morgan fingerprint density at radius 1 is 1.10 bits per heavy atom. The molecule has 0 radical (unpaired) electrons. The summed E-state index contributed by atoms with van der Waals surface area (Å²) in [6, 6.07) is 17.1. The number of allylic oxidation sites excluding steroid dienone is 1. The van der Waals surface area contributed by atoms with E-state index >= 15 is 0 Å². The summed E-state index contributed by atoms with van der Waals surface area (Å²) in [7, 11) is 0. The number of aliphatic hydroxyl groups excluding tert-OH is 1. The van der Waals surface area contributed by atoms with E-state index < -0.39 is 12.0 Å². The van der Waals surface area contributed by atoms with Gasteiger partial charge in [-0.2, -0.15) is 0 Å². The molecule has 1 aliphatic rings. The highest BCUT2D eigenvalue weighted by Crippen LogP contribution is 2.16. The first kappa shape index (κ1) is 20.8. The highest BCUT2D eigenvalue weighted by Gasteiger charge is 2.29. The van der Waals surface area contributed by atoms with Crippen LogP contribution in [0.1, 0.15) is 18.1 Å². The van der Waals surface area contributed by atoms with E-state index in [2.05, 4.69) is 10.6 Å². The van der Waals surface area contributed by atoms with E-state index in [1.165, 1.54) is 0 Å². The van der Waals surface area contributed by atoms with Crippen LogP contribution in [0.4, 0.5) is 0 Å². The van der Waals surface area contributed by atoms with Crippen LogP contribution in [0, 0.1) is 0 Å². The number of nitrogens with one attached hydrogen (secondary N) is 2. The molecule has 0 bridgehead atoms. The smallest absolute Gasteiger partial charge is 0.337 e. The molecule has 2 aromatic rings. The van der Waals surface area contributed by atoms with Gasteiger partial charge in [-0.3, -0.25) is 0 Å². The first-order chi connectivity index (χ1) is 14.1. The number of carbonyl (C=O) groups is 1. The number of ether oxygens (including phenoxy) is 2. The largest absolute Gasteiger partial charge is 0.489 e. The molecule has 3 N–H and O–H groups in total. The van der Waals surface area contributed by atoms with Crippen LogP contribution in [0.15, 0.2) is 65.9 Å². The Kier molecular flexibility index (Phi) is 7.21. The van der Waals surface area contributed by atoms with Gasteiger partial charge in [0.2, 0.25) is 0 Å². The van der Waals surface area contributed by atoms with E-state index in [1.54, 1.807) is 6.92 Å². The van der Waals surface area contributed by atoms with Gasteiger partial charge in [0.15, 0.2) is 5.11 Å². The van der Waals surface area contributed by atoms with Crippen molar-refractivity contribution in [1.82, 2.24) is 10.6 Å². The van der Waals surface area contributed by atoms with Crippen molar-refractivity contribution in [2.75, 3.05) is 13.2 Å². The van der Waals surface area contributed by atoms with Crippen molar-refractivity contribution in [1.29, 1.82) is 0 Å². The predicted molar refractivity (Wildman–Crippen MR) is 114 cm³/mol. The fourth-order valence-electron chi connectivity index (χ4n) is 3.03. The summed E-state index contributed by atoms with van der Waals surface area (Å²) >= 11 is 5.04. The zero-order valence-electron chi connectivity index (χ0n) is 16.2. The van der Waals surface area contributed by atoms with Crippen molar-refractivity contribution >= 4 is 23.3 Å². The van der Waals surface area contributed by atoms with Gasteiger partial charge in [0, 0.05) is 12.1 Å². The molecular formula is C22H24N2O4S. The molecule has 0 fully saturated rings. The molecule has 6 nitrogen and oxygen atoms in total. The minimum Gasteiger partial charge on any atom is -0.489 e. The molecule has 29 heavy (non-hydrogen) atoms. The Labute approximate surface area is 175 Å². The van der Waals surface area contributed by atoms with Gasteiger partial charge in [0.25, 0.3) is 0 Å². The lowest BCUT2D eigenvalue weighted by atomic mass is 10.0. The Hall–Kier alpha value is -2.90. The number of esters is 1. The number of benzene rings is 2. The van der Waals surface area contributed by atoms with Gasteiger partial charge in [0.05, 0.1) is 24.8 Å². The van der Waals surface area contributed by atoms with Gasteiger partial charge >= 0.3 is 5.97 Å². The summed E-state index contributed by atoms with van der Waals surface area (Å²) < 4.78 is 11.2. The Bertz CT molecular complexity index is 881. The monoisotopic (exact) mass is 412 g/mol. The molecule has 0 amide bonds. The summed E-state index contributed by atoms with van der Waals surface area (Å²) in [5.74, 6) is 0.323. The van der Waals surface area contributed by atoms with Crippen molar-refractivity contribution < 1.29 is 19.4 Å². The second-order valence-electron chi connectivity index (χ2n) is 6.68. The highest BCUT2D eigenvalue weighted by atomic mass is 32.1. The van der Waals surface area contributed by atoms with Gasteiger partial charge in [-0.15, -0.1) is 0 Å². The number of carbonyl (C=O) groups excluding carboxylic acids is 1. The van der Waals surface area contributed by atoms with Crippen LogP contribution in [0.3, 0.4) is 0 Å². The SMILES string of the molecule is CC1=C(C(=O)OCCc2ccc(OCc3ccccc3)cc2)C(CO)NC(=S)N1. The standard InChI is InChI=1S/C22H24N2O4S/c1-15-20(19(13-25)24-22(29)23-15)21(26)27-12-11-16-7-9-18(10-8-16)28-14-17-5-3-2-4-6-17/h2-10,19,25H,11-14H2,1H3,(H2,23,24,29). The van der Waals surface area contributed by atoms with E-state index in [9.17, 15) is 9.90 Å². The molecule has 152 valence electrons. The van der Waals surface area contributed by atoms with Gasteiger partial charge in [0.1, 0.15) is 12.4 Å². The van der Waals surface area contributed by atoms with Crippen LogP contribution in [0.25, 0.3) is 0 Å². The third-order valence-electron chi connectivity index (χ3n) is 4.56. The van der Waals surface area contributed by atoms with Crippen molar-refractivity contribution in [3.05, 3.63) is 77.0 Å². The van der Waals surface area contributed by atoms with E-state index in [0.717, 1.165) is 16.9 Å². The van der Waals surface area contributed by atoms with Crippen LogP contribution < -0.4 is 15.4 Å². The molecule has 1 heterocycles. The van der Waals surface area contributed by atoms with E-state index in [1.807, 2.05) is 54.6 Å². The van der Waals surface area contributed by atoms with E-state index in [-0.39, 0.29) is 13.2 Å². The van der Waals surface area contributed by atoms with Crippen LogP contribution >= 0.6 is 12.2 Å². The Morgan fingerprint density at radius 3 is 2.52 bits per heavy atom. The van der Waals surface area contributed by atoms with Crippen molar-refractivity contribution in [2.45, 2.75) is 26.0 Å². The molecule has 1 aliphatic heterocycles. The van der Waals surface area contributed by atoms with Gasteiger partial charge < -0.3 is 25.2 Å². The zero-order valence-corrected chi connectivity index (χ0v) is 17.0. The molecule has 0 aliphatic carbocycles. The normalized spacial score (nSPS) is 16.1. The summed E-state index contributed by atoms with van der Waals surface area (Å²) in [6.45, 7) is 2.25. The van der Waals surface area contributed by atoms with Gasteiger partial charge in [-0.05, 0) is 42.4 Å². The lowest BCUT2D eigenvalue weighted by molar-refractivity contribution is -0.139. The van der Waals surface area contributed by atoms with Crippen LogP contribution in [-0.2, 0) is 22.6 Å².